The lowest BCUT2D eigenvalue weighted by atomic mass is 9.83. The summed E-state index contributed by atoms with van der Waals surface area (Å²) >= 11 is 0. The number of rotatable bonds is 5. The van der Waals surface area contributed by atoms with Gasteiger partial charge in [-0.25, -0.2) is 4.98 Å². The molecule has 2 N–H and O–H groups in total. The van der Waals surface area contributed by atoms with Crippen molar-refractivity contribution in [3.05, 3.63) is 17.3 Å². The molecule has 126 valence electrons. The Bertz CT molecular complexity index is 473. The van der Waals surface area contributed by atoms with Crippen LogP contribution in [0.3, 0.4) is 0 Å². The van der Waals surface area contributed by atoms with Crippen LogP contribution in [0.5, 0.6) is 0 Å². The maximum Gasteiger partial charge on any atom is 0.214 e. The molecule has 0 radical (unpaired) electrons. The molecule has 2 rings (SSSR count). The molecule has 0 unspecified atom stereocenters. The SMILES string of the molecule is CCC1(CNC(=NC)NCc2nc(C)c(C)o2)CCCC1.I. The molecular weight excluding hydrogens is 391 g/mol. The highest BCUT2D eigenvalue weighted by atomic mass is 127. The summed E-state index contributed by atoms with van der Waals surface area (Å²) in [4.78, 5) is 8.66. The van der Waals surface area contributed by atoms with Gasteiger partial charge in [-0.2, -0.15) is 0 Å². The molecule has 22 heavy (non-hydrogen) atoms. The van der Waals surface area contributed by atoms with Gasteiger partial charge in [0.1, 0.15) is 5.76 Å². The third kappa shape index (κ3) is 4.86. The van der Waals surface area contributed by atoms with Crippen molar-refractivity contribution in [2.45, 2.75) is 59.4 Å². The van der Waals surface area contributed by atoms with E-state index < -0.39 is 0 Å². The van der Waals surface area contributed by atoms with Crippen molar-refractivity contribution in [1.82, 2.24) is 15.6 Å². The van der Waals surface area contributed by atoms with Crippen LogP contribution in [0.1, 0.15) is 56.4 Å². The van der Waals surface area contributed by atoms with E-state index in [4.69, 9.17) is 4.42 Å². The van der Waals surface area contributed by atoms with Gasteiger partial charge in [-0.15, -0.1) is 24.0 Å². The first kappa shape index (κ1) is 19.3. The summed E-state index contributed by atoms with van der Waals surface area (Å²) < 4.78 is 5.57. The van der Waals surface area contributed by atoms with Gasteiger partial charge in [-0.1, -0.05) is 19.8 Å². The molecule has 1 aromatic heterocycles. The van der Waals surface area contributed by atoms with Crippen LogP contribution in [0.2, 0.25) is 0 Å². The average Bonchev–Trinajstić information content (AvgIpc) is 3.07. The lowest BCUT2D eigenvalue weighted by Crippen LogP contribution is -2.42. The third-order valence-corrected chi connectivity index (χ3v) is 4.75. The van der Waals surface area contributed by atoms with Crippen LogP contribution in [-0.2, 0) is 6.54 Å². The van der Waals surface area contributed by atoms with E-state index >= 15 is 0 Å². The molecule has 1 aliphatic carbocycles. The Labute approximate surface area is 150 Å². The van der Waals surface area contributed by atoms with Gasteiger partial charge in [0.2, 0.25) is 5.89 Å². The van der Waals surface area contributed by atoms with Crippen molar-refractivity contribution in [3.8, 4) is 0 Å². The number of hydrogen-bond acceptors (Lipinski definition) is 3. The van der Waals surface area contributed by atoms with E-state index in [1.807, 2.05) is 13.8 Å². The molecule has 1 aromatic rings. The molecule has 0 bridgehead atoms. The quantitative estimate of drug-likeness (QED) is 0.435. The molecule has 1 aliphatic rings. The van der Waals surface area contributed by atoms with E-state index in [9.17, 15) is 0 Å². The number of oxazole rings is 1. The first-order valence-electron chi connectivity index (χ1n) is 7.96. The highest BCUT2D eigenvalue weighted by Crippen LogP contribution is 2.40. The maximum absolute atomic E-state index is 5.57. The molecule has 1 fully saturated rings. The van der Waals surface area contributed by atoms with Gasteiger partial charge in [0.05, 0.1) is 12.2 Å². The summed E-state index contributed by atoms with van der Waals surface area (Å²) in [5, 5.41) is 6.74. The molecule has 1 heterocycles. The zero-order valence-corrected chi connectivity index (χ0v) is 16.5. The predicted molar refractivity (Wildman–Crippen MR) is 101 cm³/mol. The fourth-order valence-electron chi connectivity index (χ4n) is 3.05. The molecular formula is C16H29IN4O. The van der Waals surface area contributed by atoms with Crippen molar-refractivity contribution >= 4 is 29.9 Å². The van der Waals surface area contributed by atoms with Crippen molar-refractivity contribution in [2.24, 2.45) is 10.4 Å². The second-order valence-corrected chi connectivity index (χ2v) is 6.09. The van der Waals surface area contributed by atoms with E-state index in [0.717, 1.165) is 24.0 Å². The summed E-state index contributed by atoms with van der Waals surface area (Å²) in [6, 6.07) is 0. The normalized spacial score (nSPS) is 17.2. The Morgan fingerprint density at radius 3 is 2.45 bits per heavy atom. The molecule has 0 amide bonds. The minimum Gasteiger partial charge on any atom is -0.444 e. The molecule has 0 atom stereocenters. The standard InChI is InChI=1S/C16H28N4O.HI/c1-5-16(8-6-7-9-16)11-19-15(17-4)18-10-14-20-12(2)13(3)21-14;/h5-11H2,1-4H3,(H2,17,18,19);1H. The Kier molecular flexibility index (Phi) is 7.65. The predicted octanol–water partition coefficient (Wildman–Crippen LogP) is 3.54. The van der Waals surface area contributed by atoms with Gasteiger partial charge in [-0.3, -0.25) is 4.99 Å². The molecule has 1 saturated carbocycles. The zero-order chi connectivity index (χ0) is 15.3. The van der Waals surface area contributed by atoms with Crippen LogP contribution in [0.25, 0.3) is 0 Å². The van der Waals surface area contributed by atoms with Crippen LogP contribution >= 0.6 is 24.0 Å². The van der Waals surface area contributed by atoms with Crippen molar-refractivity contribution < 1.29 is 4.42 Å². The average molecular weight is 420 g/mol. The number of nitrogens with one attached hydrogen (secondary N) is 2. The van der Waals surface area contributed by atoms with Crippen molar-refractivity contribution in [3.63, 3.8) is 0 Å². The summed E-state index contributed by atoms with van der Waals surface area (Å²) in [5.74, 6) is 2.41. The van der Waals surface area contributed by atoms with E-state index in [-0.39, 0.29) is 24.0 Å². The maximum atomic E-state index is 5.57. The van der Waals surface area contributed by atoms with Crippen LogP contribution in [0.15, 0.2) is 9.41 Å². The van der Waals surface area contributed by atoms with E-state index in [1.54, 1.807) is 7.05 Å². The van der Waals surface area contributed by atoms with Crippen LogP contribution in [0, 0.1) is 19.3 Å². The molecule has 0 aromatic carbocycles. The first-order chi connectivity index (χ1) is 10.1. The molecule has 0 aliphatic heterocycles. The van der Waals surface area contributed by atoms with Gasteiger partial charge in [0, 0.05) is 13.6 Å². The monoisotopic (exact) mass is 420 g/mol. The second kappa shape index (κ2) is 8.74. The highest BCUT2D eigenvalue weighted by molar-refractivity contribution is 14.0. The third-order valence-electron chi connectivity index (χ3n) is 4.75. The molecule has 5 nitrogen and oxygen atoms in total. The first-order valence-corrected chi connectivity index (χ1v) is 7.96. The molecule has 6 heteroatoms. The minimum absolute atomic E-state index is 0. The number of halogens is 1. The lowest BCUT2D eigenvalue weighted by molar-refractivity contribution is 0.283. The van der Waals surface area contributed by atoms with Crippen LogP contribution in [0.4, 0.5) is 0 Å². The van der Waals surface area contributed by atoms with Crippen LogP contribution in [-0.4, -0.2) is 24.5 Å². The number of nitrogens with zero attached hydrogens (tertiary/aromatic N) is 2. The Morgan fingerprint density at radius 1 is 1.27 bits per heavy atom. The minimum atomic E-state index is 0. The van der Waals surface area contributed by atoms with Gasteiger partial charge in [0.25, 0.3) is 0 Å². The molecule has 0 spiro atoms. The zero-order valence-electron chi connectivity index (χ0n) is 14.2. The fourth-order valence-corrected chi connectivity index (χ4v) is 3.05. The van der Waals surface area contributed by atoms with Gasteiger partial charge in [-0.05, 0) is 38.5 Å². The topological polar surface area (TPSA) is 62.5 Å². The number of aryl methyl sites for hydroxylation is 2. The number of guanidine groups is 1. The van der Waals surface area contributed by atoms with Gasteiger partial charge in [0.15, 0.2) is 5.96 Å². The van der Waals surface area contributed by atoms with Crippen molar-refractivity contribution in [2.75, 3.05) is 13.6 Å². The fraction of sp³-hybridized carbons (Fsp3) is 0.750. The number of aromatic nitrogens is 1. The lowest BCUT2D eigenvalue weighted by Gasteiger charge is -2.28. The Balaban J connectivity index is 0.00000242. The number of aliphatic imine (C=N–C) groups is 1. The Morgan fingerprint density at radius 2 is 1.95 bits per heavy atom. The van der Waals surface area contributed by atoms with E-state index in [0.29, 0.717) is 17.9 Å². The van der Waals surface area contributed by atoms with Gasteiger partial charge >= 0.3 is 0 Å². The van der Waals surface area contributed by atoms with Crippen LogP contribution < -0.4 is 10.6 Å². The largest absolute Gasteiger partial charge is 0.444 e. The van der Waals surface area contributed by atoms with E-state index in [1.165, 1.54) is 32.1 Å². The summed E-state index contributed by atoms with van der Waals surface area (Å²) in [5.41, 5.74) is 1.40. The summed E-state index contributed by atoms with van der Waals surface area (Å²) in [6.07, 6.45) is 6.60. The Hall–Kier alpha value is -0.790. The summed E-state index contributed by atoms with van der Waals surface area (Å²) in [6.45, 7) is 7.74. The molecule has 0 saturated heterocycles. The highest BCUT2D eigenvalue weighted by Gasteiger charge is 2.31. The smallest absolute Gasteiger partial charge is 0.214 e. The number of hydrogen-bond donors (Lipinski definition) is 2. The van der Waals surface area contributed by atoms with Crippen molar-refractivity contribution in [1.29, 1.82) is 0 Å². The van der Waals surface area contributed by atoms with E-state index in [2.05, 4.69) is 27.5 Å². The second-order valence-electron chi connectivity index (χ2n) is 6.09. The summed E-state index contributed by atoms with van der Waals surface area (Å²) in [7, 11) is 1.80. The van der Waals surface area contributed by atoms with Gasteiger partial charge < -0.3 is 15.1 Å².